The number of halogens is 2. The minimum absolute atomic E-state index is 0.0647. The fourth-order valence-electron chi connectivity index (χ4n) is 2.50. The normalized spacial score (nSPS) is 15.5. The molecule has 1 aromatic heterocycles. The van der Waals surface area contributed by atoms with E-state index in [1.54, 1.807) is 12.1 Å². The van der Waals surface area contributed by atoms with Crippen molar-refractivity contribution in [1.82, 2.24) is 4.90 Å². The van der Waals surface area contributed by atoms with E-state index in [-0.39, 0.29) is 37.6 Å². The molecule has 152 valence electrons. The van der Waals surface area contributed by atoms with E-state index in [0.717, 1.165) is 11.8 Å². The van der Waals surface area contributed by atoms with Gasteiger partial charge in [0.05, 0.1) is 36.6 Å². The van der Waals surface area contributed by atoms with Crippen LogP contribution in [0.3, 0.4) is 0 Å². The first-order chi connectivity index (χ1) is 13.8. The van der Waals surface area contributed by atoms with E-state index in [2.05, 4.69) is 0 Å². The molecule has 3 rings (SSSR count). The summed E-state index contributed by atoms with van der Waals surface area (Å²) in [6.45, 7) is 0.458. The maximum atomic E-state index is 14.0. The number of rotatable bonds is 8. The minimum Gasteiger partial charge on any atom is -0.481 e. The molecule has 6 nitrogen and oxygen atoms in total. The van der Waals surface area contributed by atoms with Crippen LogP contribution in [-0.4, -0.2) is 46.0 Å². The maximum Gasteiger partial charge on any atom is 0.305 e. The highest BCUT2D eigenvalue weighted by Gasteiger charge is 2.32. The van der Waals surface area contributed by atoms with Gasteiger partial charge < -0.3 is 14.3 Å². The summed E-state index contributed by atoms with van der Waals surface area (Å²) in [4.78, 5) is 24.8. The first-order valence-electron chi connectivity index (χ1n) is 8.45. The van der Waals surface area contributed by atoms with Crippen LogP contribution in [0, 0.1) is 5.82 Å². The van der Waals surface area contributed by atoms with Crippen molar-refractivity contribution in [2.24, 2.45) is 0 Å². The number of carboxylic acids is 1. The first kappa shape index (κ1) is 21.5. The quantitative estimate of drug-likeness (QED) is 0.358. The average molecular weight is 456 g/mol. The van der Waals surface area contributed by atoms with Crippen molar-refractivity contribution in [3.8, 4) is 11.3 Å². The Morgan fingerprint density at radius 1 is 1.34 bits per heavy atom. The van der Waals surface area contributed by atoms with Crippen LogP contribution in [-0.2, 0) is 14.3 Å². The molecular formula is C19H15ClFNO5S2. The molecule has 0 spiro atoms. The Hall–Kier alpha value is -2.20. The Morgan fingerprint density at radius 3 is 2.90 bits per heavy atom. The SMILES string of the molecule is O=C(O)CCOCCN1C(=O)C(=Cc2ccc(-c3cc(Cl)ccc3F)o2)SC1=S. The van der Waals surface area contributed by atoms with Crippen molar-refractivity contribution in [1.29, 1.82) is 0 Å². The lowest BCUT2D eigenvalue weighted by Crippen LogP contribution is -2.31. The largest absolute Gasteiger partial charge is 0.481 e. The van der Waals surface area contributed by atoms with Crippen LogP contribution >= 0.6 is 35.6 Å². The standard InChI is InChI=1S/C19H15ClFNO5S2/c20-11-1-3-14(21)13(9-11)15-4-2-12(27-15)10-16-18(25)22(19(28)29-16)6-8-26-7-5-17(23)24/h1-4,9-10H,5-8H2,(H,23,24). The predicted octanol–water partition coefficient (Wildman–Crippen LogP) is 4.43. The number of furan rings is 1. The highest BCUT2D eigenvalue weighted by molar-refractivity contribution is 8.26. The Kier molecular flexibility index (Phi) is 7.07. The van der Waals surface area contributed by atoms with Crippen molar-refractivity contribution in [2.45, 2.75) is 6.42 Å². The number of carbonyl (C=O) groups excluding carboxylic acids is 1. The molecule has 1 fully saturated rings. The van der Waals surface area contributed by atoms with E-state index in [0.29, 0.717) is 25.8 Å². The number of nitrogens with zero attached hydrogens (tertiary/aromatic N) is 1. The lowest BCUT2D eigenvalue weighted by Gasteiger charge is -2.14. The third-order valence-electron chi connectivity index (χ3n) is 3.89. The van der Waals surface area contributed by atoms with Gasteiger partial charge in [0.2, 0.25) is 0 Å². The Balaban J connectivity index is 1.66. The van der Waals surface area contributed by atoms with Crippen LogP contribution in [0.15, 0.2) is 39.7 Å². The third-order valence-corrected chi connectivity index (χ3v) is 5.50. The molecule has 0 bridgehead atoms. The predicted molar refractivity (Wildman–Crippen MR) is 112 cm³/mol. The monoisotopic (exact) mass is 455 g/mol. The molecule has 1 saturated heterocycles. The van der Waals surface area contributed by atoms with E-state index >= 15 is 0 Å². The molecule has 1 aliphatic heterocycles. The number of hydrogen-bond donors (Lipinski definition) is 1. The van der Waals surface area contributed by atoms with Crippen LogP contribution in [0.2, 0.25) is 5.02 Å². The summed E-state index contributed by atoms with van der Waals surface area (Å²) in [5.41, 5.74) is 0.225. The molecule has 0 saturated carbocycles. The zero-order valence-electron chi connectivity index (χ0n) is 14.9. The third kappa shape index (κ3) is 5.45. The van der Waals surface area contributed by atoms with Crippen molar-refractivity contribution >= 4 is 57.9 Å². The van der Waals surface area contributed by atoms with Gasteiger partial charge in [-0.3, -0.25) is 14.5 Å². The number of carboxylic acid groups (broad SMARTS) is 1. The summed E-state index contributed by atoms with van der Waals surface area (Å²) in [5.74, 6) is -1.05. The highest BCUT2D eigenvalue weighted by atomic mass is 35.5. The fraction of sp³-hybridized carbons (Fsp3) is 0.211. The molecular weight excluding hydrogens is 441 g/mol. The highest BCUT2D eigenvalue weighted by Crippen LogP contribution is 2.34. The summed E-state index contributed by atoms with van der Waals surface area (Å²) in [7, 11) is 0. The topological polar surface area (TPSA) is 80.0 Å². The number of carbonyl (C=O) groups is 2. The van der Waals surface area contributed by atoms with E-state index in [4.69, 9.17) is 38.1 Å². The first-order valence-corrected chi connectivity index (χ1v) is 10.1. The minimum atomic E-state index is -0.950. The summed E-state index contributed by atoms with van der Waals surface area (Å²) in [6.07, 6.45) is 1.43. The van der Waals surface area contributed by atoms with Crippen LogP contribution in [0.5, 0.6) is 0 Å². The van der Waals surface area contributed by atoms with Crippen molar-refractivity contribution in [2.75, 3.05) is 19.8 Å². The summed E-state index contributed by atoms with van der Waals surface area (Å²) < 4.78 is 25.2. The molecule has 0 radical (unpaired) electrons. The molecule has 0 atom stereocenters. The van der Waals surface area contributed by atoms with Gasteiger partial charge in [-0.1, -0.05) is 35.6 Å². The maximum absolute atomic E-state index is 14.0. The molecule has 2 aromatic rings. The smallest absolute Gasteiger partial charge is 0.305 e. The average Bonchev–Trinajstić information content (AvgIpc) is 3.23. The number of thioether (sulfide) groups is 1. The molecule has 1 aromatic carbocycles. The summed E-state index contributed by atoms with van der Waals surface area (Å²) in [5, 5.41) is 8.95. The van der Waals surface area contributed by atoms with Gasteiger partial charge in [-0.2, -0.15) is 0 Å². The molecule has 10 heteroatoms. The number of thiocarbonyl (C=S) groups is 1. The number of ether oxygens (including phenoxy) is 1. The van der Waals surface area contributed by atoms with Gasteiger partial charge in [-0.05, 0) is 30.3 Å². The summed E-state index contributed by atoms with van der Waals surface area (Å²) >= 11 is 12.3. The van der Waals surface area contributed by atoms with E-state index in [1.165, 1.54) is 29.2 Å². The molecule has 2 heterocycles. The molecule has 1 N–H and O–H groups in total. The molecule has 0 unspecified atom stereocenters. The van der Waals surface area contributed by atoms with Crippen molar-refractivity contribution in [3.63, 3.8) is 0 Å². The zero-order valence-corrected chi connectivity index (χ0v) is 17.3. The van der Waals surface area contributed by atoms with Crippen molar-refractivity contribution in [3.05, 3.63) is 51.8 Å². The number of aliphatic carboxylic acids is 1. The van der Waals surface area contributed by atoms with Gasteiger partial charge in [0.25, 0.3) is 5.91 Å². The van der Waals surface area contributed by atoms with Crippen LogP contribution in [0.1, 0.15) is 12.2 Å². The molecule has 1 aliphatic rings. The second kappa shape index (κ2) is 9.53. The lowest BCUT2D eigenvalue weighted by atomic mass is 10.1. The number of amides is 1. The lowest BCUT2D eigenvalue weighted by molar-refractivity contribution is -0.138. The second-order valence-electron chi connectivity index (χ2n) is 5.92. The van der Waals surface area contributed by atoms with Gasteiger partial charge in [0.1, 0.15) is 21.7 Å². The molecule has 29 heavy (non-hydrogen) atoms. The Bertz CT molecular complexity index is 991. The van der Waals surface area contributed by atoms with Crippen LogP contribution in [0.25, 0.3) is 17.4 Å². The van der Waals surface area contributed by atoms with E-state index in [1.807, 2.05) is 0 Å². The molecule has 0 aliphatic carbocycles. The Morgan fingerprint density at radius 2 is 2.14 bits per heavy atom. The zero-order chi connectivity index (χ0) is 21.0. The van der Waals surface area contributed by atoms with Crippen LogP contribution in [0.4, 0.5) is 4.39 Å². The second-order valence-corrected chi connectivity index (χ2v) is 8.03. The van der Waals surface area contributed by atoms with Crippen LogP contribution < -0.4 is 0 Å². The molecule has 1 amide bonds. The Labute approximate surface area is 180 Å². The number of benzene rings is 1. The van der Waals surface area contributed by atoms with E-state index in [9.17, 15) is 14.0 Å². The van der Waals surface area contributed by atoms with E-state index < -0.39 is 11.8 Å². The van der Waals surface area contributed by atoms with Gasteiger partial charge in [0, 0.05) is 11.1 Å². The number of hydrogen-bond acceptors (Lipinski definition) is 6. The van der Waals surface area contributed by atoms with Crippen molar-refractivity contribution < 1.29 is 28.2 Å². The fourth-order valence-corrected chi connectivity index (χ4v) is 3.96. The summed E-state index contributed by atoms with van der Waals surface area (Å²) in [6, 6.07) is 7.38. The van der Waals surface area contributed by atoms with Gasteiger partial charge in [-0.25, -0.2) is 4.39 Å². The van der Waals surface area contributed by atoms with Gasteiger partial charge in [-0.15, -0.1) is 0 Å². The van der Waals surface area contributed by atoms with Gasteiger partial charge >= 0.3 is 5.97 Å². The van der Waals surface area contributed by atoms with Gasteiger partial charge in [0.15, 0.2) is 0 Å².